The average molecular weight is 451 g/mol. The summed E-state index contributed by atoms with van der Waals surface area (Å²) in [6.45, 7) is 10.4. The molecular formula is C27H28F2N2O2+2. The van der Waals surface area contributed by atoms with Crippen molar-refractivity contribution in [1.29, 1.82) is 0 Å². The normalized spacial score (nSPS) is 18.9. The molecule has 0 spiro atoms. The molecule has 1 aromatic carbocycles. The van der Waals surface area contributed by atoms with Gasteiger partial charge in [0.25, 0.3) is 16.9 Å². The van der Waals surface area contributed by atoms with Crippen molar-refractivity contribution in [3.05, 3.63) is 89.9 Å². The van der Waals surface area contributed by atoms with Crippen molar-refractivity contribution in [2.75, 3.05) is 7.11 Å². The van der Waals surface area contributed by atoms with Gasteiger partial charge >= 0.3 is 5.97 Å². The first-order valence-electron chi connectivity index (χ1n) is 11.1. The Morgan fingerprint density at radius 1 is 1.15 bits per heavy atom. The molecule has 2 aromatic heterocycles. The third kappa shape index (κ3) is 3.27. The van der Waals surface area contributed by atoms with E-state index in [1.165, 1.54) is 13.2 Å². The van der Waals surface area contributed by atoms with Crippen LogP contribution >= 0.6 is 0 Å². The second-order valence-electron chi connectivity index (χ2n) is 8.39. The summed E-state index contributed by atoms with van der Waals surface area (Å²) in [4.78, 5) is 12.6. The van der Waals surface area contributed by atoms with E-state index in [4.69, 9.17) is 4.74 Å². The summed E-state index contributed by atoms with van der Waals surface area (Å²) in [7, 11) is 1.34. The summed E-state index contributed by atoms with van der Waals surface area (Å²) in [5.41, 5.74) is 2.78. The van der Waals surface area contributed by atoms with E-state index in [0.29, 0.717) is 41.1 Å². The Balaban J connectivity index is 2.10. The SMILES string of the molecule is C=C([n+]1ccccc1C(=O)OC)C1(CC)C(CC)c2cc(F)cc(F)c2-c2c(C)ccc[n+]21. The summed E-state index contributed by atoms with van der Waals surface area (Å²) < 4.78 is 38.6. The second-order valence-corrected chi connectivity index (χ2v) is 8.39. The van der Waals surface area contributed by atoms with Crippen LogP contribution in [0.25, 0.3) is 17.0 Å². The number of carbonyl (C=O) groups is 1. The first-order valence-corrected chi connectivity index (χ1v) is 11.1. The molecule has 170 valence electrons. The summed E-state index contributed by atoms with van der Waals surface area (Å²) in [5.74, 6) is -1.96. The maximum absolute atomic E-state index is 15.3. The van der Waals surface area contributed by atoms with Crippen LogP contribution in [0, 0.1) is 18.6 Å². The van der Waals surface area contributed by atoms with Crippen molar-refractivity contribution in [1.82, 2.24) is 0 Å². The predicted octanol–water partition coefficient (Wildman–Crippen LogP) is 5.09. The van der Waals surface area contributed by atoms with Gasteiger partial charge in [-0.15, -0.1) is 0 Å². The third-order valence-electron chi connectivity index (χ3n) is 6.89. The van der Waals surface area contributed by atoms with Gasteiger partial charge in [0.05, 0.1) is 18.6 Å². The molecule has 0 aliphatic carbocycles. The highest BCUT2D eigenvalue weighted by atomic mass is 19.1. The Morgan fingerprint density at radius 3 is 2.58 bits per heavy atom. The summed E-state index contributed by atoms with van der Waals surface area (Å²) in [6.07, 6.45) is 4.90. The molecule has 0 radical (unpaired) electrons. The number of halogens is 2. The second kappa shape index (κ2) is 8.50. The number of nitrogens with zero attached hydrogens (tertiary/aromatic N) is 2. The van der Waals surface area contributed by atoms with Crippen LogP contribution in [0.5, 0.6) is 0 Å². The molecule has 33 heavy (non-hydrogen) atoms. The molecule has 4 nitrogen and oxygen atoms in total. The molecule has 2 unspecified atom stereocenters. The number of methoxy groups -OCH3 is 1. The Bertz CT molecular complexity index is 1270. The topological polar surface area (TPSA) is 34.1 Å². The van der Waals surface area contributed by atoms with Crippen LogP contribution in [0.3, 0.4) is 0 Å². The van der Waals surface area contributed by atoms with Gasteiger partial charge in [-0.1, -0.05) is 13.8 Å². The zero-order valence-corrected chi connectivity index (χ0v) is 19.4. The Kier molecular flexibility index (Phi) is 5.87. The van der Waals surface area contributed by atoms with E-state index in [1.54, 1.807) is 22.9 Å². The van der Waals surface area contributed by atoms with E-state index in [2.05, 4.69) is 11.1 Å². The lowest BCUT2D eigenvalue weighted by Gasteiger charge is -2.39. The van der Waals surface area contributed by atoms with Crippen molar-refractivity contribution >= 4 is 11.7 Å². The average Bonchev–Trinajstić information content (AvgIpc) is 2.82. The van der Waals surface area contributed by atoms with Gasteiger partial charge in [-0.2, -0.15) is 9.13 Å². The first kappa shape index (κ1) is 22.8. The number of ether oxygens (including phenoxy) is 1. The van der Waals surface area contributed by atoms with Gasteiger partial charge < -0.3 is 4.74 Å². The lowest BCUT2D eigenvalue weighted by atomic mass is 9.68. The van der Waals surface area contributed by atoms with Crippen LogP contribution < -0.4 is 9.13 Å². The molecule has 3 heterocycles. The van der Waals surface area contributed by atoms with Crippen LogP contribution in [0.15, 0.2) is 61.4 Å². The molecule has 1 aliphatic rings. The van der Waals surface area contributed by atoms with Crippen LogP contribution in [-0.2, 0) is 10.3 Å². The molecule has 3 aromatic rings. The quantitative estimate of drug-likeness (QED) is 0.401. The molecule has 1 aliphatic heterocycles. The highest BCUT2D eigenvalue weighted by Crippen LogP contribution is 2.49. The molecule has 0 saturated carbocycles. The van der Waals surface area contributed by atoms with Crippen LogP contribution in [0.2, 0.25) is 0 Å². The van der Waals surface area contributed by atoms with Crippen molar-refractivity contribution in [2.24, 2.45) is 0 Å². The zero-order valence-electron chi connectivity index (χ0n) is 19.4. The van der Waals surface area contributed by atoms with Crippen LogP contribution in [0.1, 0.15) is 54.2 Å². The number of allylic oxidation sites excluding steroid dienone is 1. The summed E-state index contributed by atoms with van der Waals surface area (Å²) in [6, 6.07) is 11.5. The minimum atomic E-state index is -0.780. The highest BCUT2D eigenvalue weighted by Gasteiger charge is 2.59. The third-order valence-corrected chi connectivity index (χ3v) is 6.89. The van der Waals surface area contributed by atoms with E-state index in [9.17, 15) is 9.18 Å². The molecular weight excluding hydrogens is 422 g/mol. The number of benzene rings is 1. The standard InChI is InChI=1S/C27H28F2N2O2/c1-6-21-20-15-19(28)16-22(29)24(20)25-17(3)11-10-14-31(25)27(21,7-2)18(4)30-13-9-8-12-23(30)26(32)33-5/h8-16,21H,4,6-7H2,1-3,5H3/q+2. The number of carbonyl (C=O) groups excluding carboxylic acids is 1. The van der Waals surface area contributed by atoms with E-state index >= 15 is 4.39 Å². The van der Waals surface area contributed by atoms with Crippen molar-refractivity contribution in [3.8, 4) is 11.3 Å². The van der Waals surface area contributed by atoms with Gasteiger partial charge in [-0.3, -0.25) is 0 Å². The first-order chi connectivity index (χ1) is 15.8. The number of aromatic nitrogens is 2. The van der Waals surface area contributed by atoms with Crippen molar-refractivity contribution in [3.63, 3.8) is 0 Å². The maximum atomic E-state index is 15.3. The molecule has 0 saturated heterocycles. The minimum Gasteiger partial charge on any atom is -0.461 e. The molecule has 2 atom stereocenters. The van der Waals surface area contributed by atoms with Gasteiger partial charge in [0.1, 0.15) is 11.6 Å². The monoisotopic (exact) mass is 450 g/mol. The fourth-order valence-electron chi connectivity index (χ4n) is 5.49. The largest absolute Gasteiger partial charge is 0.461 e. The molecule has 0 N–H and O–H groups in total. The molecule has 6 heteroatoms. The summed E-state index contributed by atoms with van der Waals surface area (Å²) in [5, 5.41) is 0. The van der Waals surface area contributed by atoms with E-state index in [0.717, 1.165) is 11.6 Å². The van der Waals surface area contributed by atoms with Gasteiger partial charge in [0.15, 0.2) is 12.4 Å². The number of pyridine rings is 2. The Hall–Kier alpha value is -3.41. The van der Waals surface area contributed by atoms with E-state index in [1.807, 2.05) is 45.2 Å². The maximum Gasteiger partial charge on any atom is 0.403 e. The molecule has 4 rings (SSSR count). The van der Waals surface area contributed by atoms with Crippen LogP contribution in [-0.4, -0.2) is 13.1 Å². The Morgan fingerprint density at radius 2 is 1.91 bits per heavy atom. The zero-order chi connectivity index (χ0) is 23.9. The van der Waals surface area contributed by atoms with Gasteiger partial charge in [-0.25, -0.2) is 13.6 Å². The number of esters is 1. The Labute approximate surface area is 192 Å². The van der Waals surface area contributed by atoms with Crippen LogP contribution in [0.4, 0.5) is 8.78 Å². The van der Waals surface area contributed by atoms with Gasteiger partial charge in [-0.05, 0) is 43.7 Å². The van der Waals surface area contributed by atoms with Gasteiger partial charge in [0, 0.05) is 36.2 Å². The number of aryl methyl sites for hydroxylation is 1. The van der Waals surface area contributed by atoms with E-state index in [-0.39, 0.29) is 5.92 Å². The lowest BCUT2D eigenvalue weighted by Crippen LogP contribution is -2.67. The summed E-state index contributed by atoms with van der Waals surface area (Å²) >= 11 is 0. The minimum absolute atomic E-state index is 0.285. The highest BCUT2D eigenvalue weighted by molar-refractivity contribution is 5.86. The molecule has 0 amide bonds. The van der Waals surface area contributed by atoms with Crippen molar-refractivity contribution in [2.45, 2.75) is 45.1 Å². The fourth-order valence-corrected chi connectivity index (χ4v) is 5.49. The van der Waals surface area contributed by atoms with Gasteiger partial charge in [0.2, 0.25) is 5.69 Å². The fraction of sp³-hybridized carbons (Fsp3) is 0.296. The lowest BCUT2D eigenvalue weighted by molar-refractivity contribution is -0.769. The predicted molar refractivity (Wildman–Crippen MR) is 121 cm³/mol. The van der Waals surface area contributed by atoms with E-state index < -0.39 is 23.1 Å². The number of hydrogen-bond donors (Lipinski definition) is 0. The number of hydrogen-bond acceptors (Lipinski definition) is 2. The number of fused-ring (bicyclic) bond motifs is 3. The molecule has 0 fully saturated rings. The smallest absolute Gasteiger partial charge is 0.403 e. The van der Waals surface area contributed by atoms with Crippen molar-refractivity contribution < 1.29 is 27.4 Å². The number of rotatable bonds is 5. The molecule has 0 bridgehead atoms.